The zero-order chi connectivity index (χ0) is 16.9. The number of benzene rings is 2. The molecule has 24 heavy (non-hydrogen) atoms. The lowest BCUT2D eigenvalue weighted by Gasteiger charge is -2.33. The van der Waals surface area contributed by atoms with E-state index in [-0.39, 0.29) is 11.9 Å². The number of nitrogens with zero attached hydrogens (tertiary/aromatic N) is 1. The van der Waals surface area contributed by atoms with E-state index < -0.39 is 0 Å². The van der Waals surface area contributed by atoms with E-state index in [0.717, 1.165) is 42.8 Å². The number of hydrogen-bond donors (Lipinski definition) is 1. The second-order valence-electron chi connectivity index (χ2n) is 6.00. The van der Waals surface area contributed by atoms with Gasteiger partial charge in [-0.15, -0.1) is 0 Å². The van der Waals surface area contributed by atoms with Gasteiger partial charge in [0.2, 0.25) is 0 Å². The maximum atomic E-state index is 13.1. The third kappa shape index (κ3) is 4.04. The first-order chi connectivity index (χ1) is 11.6. The fourth-order valence-corrected chi connectivity index (χ4v) is 2.77. The lowest BCUT2D eigenvalue weighted by Crippen LogP contribution is -2.34. The maximum Gasteiger partial charge on any atom is 0.124 e. The van der Waals surface area contributed by atoms with Gasteiger partial charge in [0, 0.05) is 29.9 Å². The van der Waals surface area contributed by atoms with Gasteiger partial charge in [-0.2, -0.15) is 0 Å². The highest BCUT2D eigenvalue weighted by Gasteiger charge is 2.18. The first kappa shape index (κ1) is 16.3. The first-order valence-corrected chi connectivity index (χ1v) is 8.12. The molecule has 3 rings (SSSR count). The van der Waals surface area contributed by atoms with Crippen molar-refractivity contribution in [3.05, 3.63) is 77.6 Å². The van der Waals surface area contributed by atoms with Gasteiger partial charge in [-0.05, 0) is 48.7 Å². The van der Waals surface area contributed by atoms with Crippen LogP contribution in [0.4, 0.5) is 4.39 Å². The molecule has 2 aromatic carbocycles. The van der Waals surface area contributed by atoms with Gasteiger partial charge in [0.05, 0.1) is 6.10 Å². The first-order valence-electron chi connectivity index (χ1n) is 8.12. The molecule has 1 heterocycles. The molecule has 0 aliphatic carbocycles. The van der Waals surface area contributed by atoms with E-state index in [4.69, 9.17) is 0 Å². The summed E-state index contributed by atoms with van der Waals surface area (Å²) in [5, 5.41) is 9.59. The van der Waals surface area contributed by atoms with Crippen LogP contribution in [0.3, 0.4) is 0 Å². The zero-order valence-corrected chi connectivity index (χ0v) is 13.5. The van der Waals surface area contributed by atoms with Crippen LogP contribution in [0, 0.1) is 17.7 Å². The van der Waals surface area contributed by atoms with Crippen LogP contribution < -0.4 is 0 Å². The normalized spacial score (nSPS) is 14.8. The molecule has 0 amide bonds. The van der Waals surface area contributed by atoms with Gasteiger partial charge in [-0.3, -0.25) is 0 Å². The number of rotatable bonds is 2. The predicted molar refractivity (Wildman–Crippen MR) is 94.7 cm³/mol. The summed E-state index contributed by atoms with van der Waals surface area (Å²) in [7, 11) is 0. The molecule has 1 saturated heterocycles. The van der Waals surface area contributed by atoms with E-state index in [1.165, 1.54) is 12.1 Å². The van der Waals surface area contributed by atoms with E-state index in [0.29, 0.717) is 5.56 Å². The summed E-state index contributed by atoms with van der Waals surface area (Å²) in [4.78, 5) is 2.21. The highest BCUT2D eigenvalue weighted by Crippen LogP contribution is 2.22. The highest BCUT2D eigenvalue weighted by molar-refractivity contribution is 5.63. The van der Waals surface area contributed by atoms with Crippen molar-refractivity contribution in [1.82, 2.24) is 4.90 Å². The molecule has 2 nitrogen and oxygen atoms in total. The summed E-state index contributed by atoms with van der Waals surface area (Å²) in [6, 6.07) is 14.2. The minimum Gasteiger partial charge on any atom is -0.393 e. The molecule has 0 unspecified atom stereocenters. The summed E-state index contributed by atoms with van der Waals surface area (Å²) >= 11 is 0. The van der Waals surface area contributed by atoms with Crippen molar-refractivity contribution in [2.24, 2.45) is 0 Å². The third-order valence-corrected chi connectivity index (χ3v) is 4.24. The Morgan fingerprint density at radius 2 is 1.71 bits per heavy atom. The molecular weight excluding hydrogens is 301 g/mol. The quantitative estimate of drug-likeness (QED) is 0.854. The number of likely N-dealkylation sites (tertiary alicyclic amines) is 1. The molecule has 122 valence electrons. The van der Waals surface area contributed by atoms with Crippen molar-refractivity contribution in [3.8, 4) is 11.8 Å². The van der Waals surface area contributed by atoms with E-state index in [9.17, 15) is 9.50 Å². The van der Waals surface area contributed by atoms with Gasteiger partial charge in [-0.25, -0.2) is 4.39 Å². The molecule has 0 atom stereocenters. The maximum absolute atomic E-state index is 13.1. The molecule has 0 saturated carbocycles. The smallest absolute Gasteiger partial charge is 0.124 e. The predicted octanol–water partition coefficient (Wildman–Crippen LogP) is 3.65. The number of piperidine rings is 1. The molecule has 1 fully saturated rings. The van der Waals surface area contributed by atoms with Crippen molar-refractivity contribution < 1.29 is 9.50 Å². The largest absolute Gasteiger partial charge is 0.393 e. The minimum atomic E-state index is -0.278. The second kappa shape index (κ2) is 7.33. The minimum absolute atomic E-state index is 0.186. The van der Waals surface area contributed by atoms with Crippen molar-refractivity contribution in [3.63, 3.8) is 0 Å². The molecule has 2 aromatic rings. The number of aliphatic hydroxyl groups excluding tert-OH is 1. The highest BCUT2D eigenvalue weighted by atomic mass is 19.1. The lowest BCUT2D eigenvalue weighted by molar-refractivity contribution is 0.106. The van der Waals surface area contributed by atoms with E-state index >= 15 is 0 Å². The Hall–Kier alpha value is -2.57. The van der Waals surface area contributed by atoms with E-state index in [1.807, 2.05) is 24.3 Å². The number of hydrogen-bond acceptors (Lipinski definition) is 2. The summed E-state index contributed by atoms with van der Waals surface area (Å²) < 4.78 is 13.1. The molecule has 1 aliphatic rings. The third-order valence-electron chi connectivity index (χ3n) is 4.24. The fourth-order valence-electron chi connectivity index (χ4n) is 2.77. The van der Waals surface area contributed by atoms with Gasteiger partial charge in [0.1, 0.15) is 5.82 Å². The van der Waals surface area contributed by atoms with Crippen LogP contribution in [0.25, 0.3) is 5.70 Å². The van der Waals surface area contributed by atoms with Crippen LogP contribution in [-0.2, 0) is 0 Å². The Bertz CT molecular complexity index is 777. The molecule has 0 radical (unpaired) electrons. The van der Waals surface area contributed by atoms with Crippen LogP contribution in [-0.4, -0.2) is 29.2 Å². The van der Waals surface area contributed by atoms with Crippen molar-refractivity contribution in [1.29, 1.82) is 0 Å². The van der Waals surface area contributed by atoms with Crippen molar-refractivity contribution in [2.75, 3.05) is 13.1 Å². The summed E-state index contributed by atoms with van der Waals surface area (Å²) in [6.45, 7) is 5.84. The Morgan fingerprint density at radius 1 is 1.04 bits per heavy atom. The van der Waals surface area contributed by atoms with Crippen molar-refractivity contribution >= 4 is 5.70 Å². The molecule has 3 heteroatoms. The Balaban J connectivity index is 1.68. The molecular formula is C21H20FNO. The zero-order valence-electron chi connectivity index (χ0n) is 13.5. The monoisotopic (exact) mass is 321 g/mol. The molecule has 0 bridgehead atoms. The van der Waals surface area contributed by atoms with Crippen LogP contribution >= 0.6 is 0 Å². The molecule has 1 N–H and O–H groups in total. The van der Waals surface area contributed by atoms with Crippen LogP contribution in [0.5, 0.6) is 0 Å². The van der Waals surface area contributed by atoms with Gasteiger partial charge in [0.15, 0.2) is 0 Å². The Labute approximate surface area is 142 Å². The molecule has 1 aliphatic heterocycles. The average Bonchev–Trinajstić information content (AvgIpc) is 2.61. The topological polar surface area (TPSA) is 23.5 Å². The summed E-state index contributed by atoms with van der Waals surface area (Å²) in [6.07, 6.45) is 1.39. The van der Waals surface area contributed by atoms with Crippen molar-refractivity contribution in [2.45, 2.75) is 18.9 Å². The molecule has 0 spiro atoms. The Kier molecular flexibility index (Phi) is 4.98. The van der Waals surface area contributed by atoms with Crippen LogP contribution in [0.15, 0.2) is 55.1 Å². The second-order valence-corrected chi connectivity index (χ2v) is 6.00. The summed E-state index contributed by atoms with van der Waals surface area (Å²) in [5.74, 6) is 5.74. The van der Waals surface area contributed by atoms with Crippen LogP contribution in [0.2, 0.25) is 0 Å². The lowest BCUT2D eigenvalue weighted by atomic mass is 10.0. The van der Waals surface area contributed by atoms with Gasteiger partial charge >= 0.3 is 0 Å². The SMILES string of the molecule is C=C(c1ccc(C#Cc2cccc(F)c2)cc1)N1CCC(O)CC1. The molecule has 0 aromatic heterocycles. The van der Waals surface area contributed by atoms with E-state index in [2.05, 4.69) is 23.3 Å². The van der Waals surface area contributed by atoms with Gasteiger partial charge in [-0.1, -0.05) is 36.6 Å². The standard InChI is InChI=1S/C21H20FNO/c1-16(23-13-11-21(24)12-14-23)19-9-7-17(8-10-19)5-6-18-3-2-4-20(22)15-18/h2-4,7-10,15,21,24H,1,11-14H2. The van der Waals surface area contributed by atoms with Crippen LogP contribution in [0.1, 0.15) is 29.5 Å². The average molecular weight is 321 g/mol. The number of halogens is 1. The summed E-state index contributed by atoms with van der Waals surface area (Å²) in [5.41, 5.74) is 3.58. The van der Waals surface area contributed by atoms with Gasteiger partial charge < -0.3 is 10.0 Å². The fraction of sp³-hybridized carbons (Fsp3) is 0.238. The van der Waals surface area contributed by atoms with E-state index in [1.54, 1.807) is 12.1 Å². The Morgan fingerprint density at radius 3 is 2.38 bits per heavy atom. The number of aliphatic hydroxyl groups is 1. The van der Waals surface area contributed by atoms with Gasteiger partial charge in [0.25, 0.3) is 0 Å².